The van der Waals surface area contributed by atoms with E-state index in [-0.39, 0.29) is 96.2 Å². The zero-order valence-electron chi connectivity index (χ0n) is 46.1. The molecule has 0 bridgehead atoms. The Hall–Kier alpha value is -7.44. The summed E-state index contributed by atoms with van der Waals surface area (Å²) in [6.45, 7) is 12.0. The van der Waals surface area contributed by atoms with Crippen molar-refractivity contribution in [2.24, 2.45) is 14.1 Å². The maximum absolute atomic E-state index is 13.7. The Balaban J connectivity index is 0.000000212. The Kier molecular flexibility index (Phi) is 18.5. The van der Waals surface area contributed by atoms with Crippen LogP contribution in [0.1, 0.15) is 96.9 Å². The summed E-state index contributed by atoms with van der Waals surface area (Å²) in [6.07, 6.45) is -0.318. The Morgan fingerprint density at radius 1 is 0.728 bits per heavy atom. The van der Waals surface area contributed by atoms with Crippen LogP contribution in [0.4, 0.5) is 0 Å². The van der Waals surface area contributed by atoms with Crippen LogP contribution in [0.15, 0.2) is 119 Å². The van der Waals surface area contributed by atoms with Crippen LogP contribution in [0.5, 0.6) is 23.0 Å². The Labute approximate surface area is 479 Å². The van der Waals surface area contributed by atoms with E-state index >= 15 is 0 Å². The molecule has 0 spiro atoms. The summed E-state index contributed by atoms with van der Waals surface area (Å²) in [5, 5.41) is 48.1. The van der Waals surface area contributed by atoms with Gasteiger partial charge in [-0.05, 0) is 128 Å². The number of phenols is 3. The number of hydrogen-bond acceptors (Lipinski definition) is 16. The van der Waals surface area contributed by atoms with Gasteiger partial charge in [0.1, 0.15) is 61.0 Å². The lowest BCUT2D eigenvalue weighted by molar-refractivity contribution is -0.144. The molecule has 4 unspecified atom stereocenters. The number of sulfonamides is 2. The number of phenolic OH excluding ortho intramolecular Hbond substituents is 3. The number of fused-ring (bicyclic) bond motifs is 3. The third-order valence-electron chi connectivity index (χ3n) is 14.0. The first-order valence-corrected chi connectivity index (χ1v) is 30.0. The van der Waals surface area contributed by atoms with E-state index in [1.165, 1.54) is 30.1 Å². The number of nitrogens with zero attached hydrogens (tertiary/aromatic N) is 8. The molecule has 4 atom stereocenters. The minimum absolute atomic E-state index is 0.000115. The lowest BCUT2D eigenvalue weighted by Crippen LogP contribution is -2.35. The van der Waals surface area contributed by atoms with Crippen LogP contribution in [0.3, 0.4) is 0 Å². The van der Waals surface area contributed by atoms with E-state index in [1.54, 1.807) is 88.6 Å². The van der Waals surface area contributed by atoms with Gasteiger partial charge in [-0.2, -0.15) is 8.61 Å². The van der Waals surface area contributed by atoms with Crippen LogP contribution in [-0.2, 0) is 66.3 Å². The van der Waals surface area contributed by atoms with Crippen LogP contribution >= 0.6 is 15.9 Å². The molecular formula is C58H65BrN8O12S2. The number of para-hydroxylation sites is 2. The van der Waals surface area contributed by atoms with Crippen LogP contribution in [0.2, 0.25) is 0 Å². The zero-order chi connectivity index (χ0) is 58.5. The number of alkyl halides is 1. The molecule has 23 heteroatoms. The monoisotopic (exact) mass is 1210 g/mol. The molecule has 1 aliphatic heterocycles. The summed E-state index contributed by atoms with van der Waals surface area (Å²) in [5.74, 6) is -1.76. The van der Waals surface area contributed by atoms with E-state index in [4.69, 9.17) is 14.2 Å². The molecule has 3 heterocycles. The van der Waals surface area contributed by atoms with Crippen molar-refractivity contribution in [3.05, 3.63) is 154 Å². The van der Waals surface area contributed by atoms with Crippen molar-refractivity contribution in [3.63, 3.8) is 0 Å². The lowest BCUT2D eigenvalue weighted by atomic mass is 9.86. The number of esters is 2. The van der Waals surface area contributed by atoms with Gasteiger partial charge in [0.2, 0.25) is 20.0 Å². The number of aryl methyl sites for hydroxylation is 4. The van der Waals surface area contributed by atoms with Crippen LogP contribution in [0.25, 0.3) is 22.1 Å². The Morgan fingerprint density at radius 3 is 1.77 bits per heavy atom. The van der Waals surface area contributed by atoms with E-state index in [0.717, 1.165) is 33.4 Å². The molecule has 8 aromatic rings. The Morgan fingerprint density at radius 2 is 1.23 bits per heavy atom. The molecule has 9 rings (SSSR count). The second-order valence-electron chi connectivity index (χ2n) is 20.0. The fourth-order valence-electron chi connectivity index (χ4n) is 9.99. The third-order valence-corrected chi connectivity index (χ3v) is 18.0. The maximum Gasteiger partial charge on any atom is 0.306 e. The molecule has 1 aliphatic rings. The molecule has 2 aromatic heterocycles. The molecule has 3 N–H and O–H groups in total. The SMILES string of the molecule is CCOC(=O)CC(c1ccc(C)c(CN(CC(C)Br)S(=O)(=O)c2ccccc2O)c1)c1cc(O)c2c(c1)nnn2C.CCOC(=O)CC(c1ccc(C)c(CN2CC(C)Oc3ccccc3S2(=O)=O)c1)c1cc(O)c2c(c1)nnn2C. The normalized spacial score (nSPS) is 15.5. The highest BCUT2D eigenvalue weighted by atomic mass is 79.9. The summed E-state index contributed by atoms with van der Waals surface area (Å²) in [4.78, 5) is 25.2. The first kappa shape index (κ1) is 59.7. The molecule has 0 saturated carbocycles. The van der Waals surface area contributed by atoms with Gasteiger partial charge >= 0.3 is 11.9 Å². The molecule has 81 heavy (non-hydrogen) atoms. The number of carbonyl (C=O) groups is 2. The number of aromatic hydroxyl groups is 3. The van der Waals surface area contributed by atoms with Crippen molar-refractivity contribution in [3.8, 4) is 23.0 Å². The molecule has 0 fully saturated rings. The highest BCUT2D eigenvalue weighted by molar-refractivity contribution is 9.09. The first-order chi connectivity index (χ1) is 38.5. The maximum atomic E-state index is 13.7. The standard InChI is InChI=1S/C29H33BrN4O6S.C29H32N4O6S/c1-5-40-28(37)15-23(21-13-24-29(26(36)14-21)33(4)32-31-24)20-11-10-18(2)22(12-20)17-34(16-19(3)30)41(38,39)27-9-7-6-8-25(27)35;1-5-38-28(35)15-23(21-13-24-29(25(34)14-21)32(4)31-30-24)20-11-10-18(2)22(12-20)17-33-16-19(3)39-26-8-6-7-9-27(26)40(33,36)37/h6-14,19,23,35-36H,5,15-17H2,1-4H3;6-14,19,23,34H,5,15-17H2,1-4H3. The summed E-state index contributed by atoms with van der Waals surface area (Å²) in [7, 11) is -4.50. The zero-order valence-corrected chi connectivity index (χ0v) is 49.4. The van der Waals surface area contributed by atoms with Crippen molar-refractivity contribution >= 4 is 70.0 Å². The fourth-order valence-corrected chi connectivity index (χ4v) is 13.7. The minimum Gasteiger partial charge on any atom is -0.507 e. The van der Waals surface area contributed by atoms with E-state index < -0.39 is 37.9 Å². The first-order valence-electron chi connectivity index (χ1n) is 26.2. The number of ether oxygens (including phenoxy) is 3. The smallest absolute Gasteiger partial charge is 0.306 e. The summed E-state index contributed by atoms with van der Waals surface area (Å²) in [6, 6.07) is 30.7. The van der Waals surface area contributed by atoms with Crippen molar-refractivity contribution in [2.75, 3.05) is 26.3 Å². The summed E-state index contributed by atoms with van der Waals surface area (Å²) < 4.78 is 76.8. The number of halogens is 1. The number of aromatic nitrogens is 6. The van der Waals surface area contributed by atoms with Crippen molar-refractivity contribution in [1.82, 2.24) is 38.6 Å². The fraction of sp³-hybridized carbons (Fsp3) is 0.345. The molecule has 0 amide bonds. The molecule has 6 aromatic carbocycles. The van der Waals surface area contributed by atoms with Crippen LogP contribution < -0.4 is 4.74 Å². The third kappa shape index (κ3) is 13.3. The van der Waals surface area contributed by atoms with Gasteiger partial charge in [0.05, 0.1) is 32.6 Å². The van der Waals surface area contributed by atoms with Gasteiger partial charge in [-0.25, -0.2) is 26.2 Å². The number of rotatable bonds is 18. The largest absolute Gasteiger partial charge is 0.507 e. The van der Waals surface area contributed by atoms with Gasteiger partial charge in [0.15, 0.2) is 0 Å². The van der Waals surface area contributed by atoms with E-state index in [0.29, 0.717) is 38.9 Å². The molecule has 0 radical (unpaired) electrons. The van der Waals surface area contributed by atoms with Gasteiger partial charge < -0.3 is 29.5 Å². The second-order valence-corrected chi connectivity index (χ2v) is 25.3. The number of carbonyl (C=O) groups excluding carboxylic acids is 2. The predicted octanol–water partition coefficient (Wildman–Crippen LogP) is 8.79. The quantitative estimate of drug-likeness (QED) is 0.0535. The minimum atomic E-state index is -4.05. The topological polar surface area (TPSA) is 259 Å². The van der Waals surface area contributed by atoms with E-state index in [2.05, 4.69) is 36.6 Å². The van der Waals surface area contributed by atoms with Crippen LogP contribution in [-0.4, -0.2) is 120 Å². The van der Waals surface area contributed by atoms with Gasteiger partial charge in [-0.3, -0.25) is 9.59 Å². The van der Waals surface area contributed by atoms with Gasteiger partial charge in [-0.1, -0.05) is 93.9 Å². The van der Waals surface area contributed by atoms with Crippen molar-refractivity contribution < 1.29 is 56.0 Å². The average molecular weight is 1210 g/mol. The summed E-state index contributed by atoms with van der Waals surface area (Å²) >= 11 is 3.47. The summed E-state index contributed by atoms with van der Waals surface area (Å²) in [5.41, 5.74) is 8.09. The van der Waals surface area contributed by atoms with Crippen LogP contribution in [0, 0.1) is 13.8 Å². The van der Waals surface area contributed by atoms with Crippen molar-refractivity contribution in [1.29, 1.82) is 0 Å². The van der Waals surface area contributed by atoms with E-state index in [1.807, 2.05) is 64.1 Å². The number of benzene rings is 6. The van der Waals surface area contributed by atoms with Gasteiger partial charge in [-0.15, -0.1) is 10.2 Å². The van der Waals surface area contributed by atoms with Gasteiger partial charge in [0.25, 0.3) is 0 Å². The highest BCUT2D eigenvalue weighted by Crippen LogP contribution is 2.39. The highest BCUT2D eigenvalue weighted by Gasteiger charge is 2.35. The molecule has 0 saturated heterocycles. The second kappa shape index (κ2) is 25.1. The van der Waals surface area contributed by atoms with Crippen molar-refractivity contribution in [2.45, 2.75) is 100 Å². The number of hydrogen-bond donors (Lipinski definition) is 3. The lowest BCUT2D eigenvalue weighted by Gasteiger charge is -2.26. The Bertz CT molecular complexity index is 3850. The molecular weight excluding hydrogens is 1140 g/mol. The predicted molar refractivity (Wildman–Crippen MR) is 307 cm³/mol. The van der Waals surface area contributed by atoms with E-state index in [9.17, 15) is 41.7 Å². The molecule has 428 valence electrons. The average Bonchev–Trinajstić information content (AvgIpc) is 3.98. The van der Waals surface area contributed by atoms with Gasteiger partial charge in [0, 0.05) is 50.4 Å². The molecule has 20 nitrogen and oxygen atoms in total. The molecule has 0 aliphatic carbocycles.